The van der Waals surface area contributed by atoms with Crippen LogP contribution in [0.4, 0.5) is 13.2 Å². The number of fused-ring (bicyclic) bond motifs is 1. The average Bonchev–Trinajstić information content (AvgIpc) is 2.61. The standard InChI is InChI=1S/C21H21ClF3NO/c1-20(16-6-5-14(22)11-18(16)23)12-21(24,25)17-4-2-3-15(19(17)27-20)13-7-9-26-10-8-13/h2-6,11,13,26H,7-10,12H2,1H3. The third kappa shape index (κ3) is 3.32. The van der Waals surface area contributed by atoms with Crippen LogP contribution in [0.2, 0.25) is 5.02 Å². The normalized spacial score (nSPS) is 24.9. The van der Waals surface area contributed by atoms with Crippen LogP contribution in [-0.2, 0) is 11.5 Å². The van der Waals surface area contributed by atoms with Crippen molar-refractivity contribution in [1.29, 1.82) is 0 Å². The predicted molar refractivity (Wildman–Crippen MR) is 99.2 cm³/mol. The van der Waals surface area contributed by atoms with E-state index in [1.54, 1.807) is 6.07 Å². The van der Waals surface area contributed by atoms with E-state index in [0.29, 0.717) is 0 Å². The Morgan fingerprint density at radius 1 is 1.11 bits per heavy atom. The van der Waals surface area contributed by atoms with Crippen LogP contribution >= 0.6 is 11.6 Å². The number of alkyl halides is 2. The summed E-state index contributed by atoms with van der Waals surface area (Å²) >= 11 is 5.83. The summed E-state index contributed by atoms with van der Waals surface area (Å²) in [5.74, 6) is -3.40. The highest BCUT2D eigenvalue weighted by Gasteiger charge is 2.51. The van der Waals surface area contributed by atoms with Crippen molar-refractivity contribution in [2.75, 3.05) is 13.1 Å². The highest BCUT2D eigenvalue weighted by atomic mass is 35.5. The van der Waals surface area contributed by atoms with E-state index in [-0.39, 0.29) is 27.8 Å². The zero-order valence-corrected chi connectivity index (χ0v) is 15.8. The minimum absolute atomic E-state index is 0.0948. The molecule has 2 aliphatic heterocycles. The molecule has 0 radical (unpaired) electrons. The van der Waals surface area contributed by atoms with E-state index in [1.807, 2.05) is 6.07 Å². The van der Waals surface area contributed by atoms with Gasteiger partial charge in [0.05, 0.1) is 12.0 Å². The zero-order valence-electron chi connectivity index (χ0n) is 15.0. The van der Waals surface area contributed by atoms with Gasteiger partial charge in [0.2, 0.25) is 0 Å². The van der Waals surface area contributed by atoms with E-state index in [2.05, 4.69) is 5.32 Å². The first-order chi connectivity index (χ1) is 12.8. The molecule has 144 valence electrons. The number of hydrogen-bond acceptors (Lipinski definition) is 2. The zero-order chi connectivity index (χ0) is 19.2. The molecule has 1 fully saturated rings. The van der Waals surface area contributed by atoms with Gasteiger partial charge in [-0.25, -0.2) is 13.2 Å². The highest BCUT2D eigenvalue weighted by molar-refractivity contribution is 6.30. The molecule has 0 aliphatic carbocycles. The van der Waals surface area contributed by atoms with Crippen molar-refractivity contribution in [3.05, 3.63) is 63.9 Å². The molecular weight excluding hydrogens is 375 g/mol. The van der Waals surface area contributed by atoms with Crippen LogP contribution in [0.3, 0.4) is 0 Å². The van der Waals surface area contributed by atoms with Crippen molar-refractivity contribution >= 4 is 11.6 Å². The second kappa shape index (κ2) is 6.71. The van der Waals surface area contributed by atoms with Crippen molar-refractivity contribution < 1.29 is 17.9 Å². The van der Waals surface area contributed by atoms with Crippen molar-refractivity contribution in [3.8, 4) is 5.75 Å². The molecule has 1 atom stereocenters. The Kier molecular flexibility index (Phi) is 4.63. The SMILES string of the molecule is CC1(c2ccc(Cl)cc2F)CC(F)(F)c2cccc(C3CCNCC3)c2O1. The number of piperidine rings is 1. The Morgan fingerprint density at radius 3 is 2.56 bits per heavy atom. The lowest BCUT2D eigenvalue weighted by atomic mass is 9.81. The summed E-state index contributed by atoms with van der Waals surface area (Å²) in [7, 11) is 0. The third-order valence-electron chi connectivity index (χ3n) is 5.61. The molecule has 0 saturated carbocycles. The molecular formula is C21H21ClF3NO. The number of benzene rings is 2. The number of halogens is 4. The summed E-state index contributed by atoms with van der Waals surface area (Å²) in [5, 5.41) is 3.51. The van der Waals surface area contributed by atoms with E-state index in [9.17, 15) is 4.39 Å². The first-order valence-electron chi connectivity index (χ1n) is 9.17. The fourth-order valence-corrected chi connectivity index (χ4v) is 4.42. The van der Waals surface area contributed by atoms with Gasteiger partial charge >= 0.3 is 0 Å². The van der Waals surface area contributed by atoms with Gasteiger partial charge in [0, 0.05) is 10.6 Å². The Labute approximate surface area is 161 Å². The maximum absolute atomic E-state index is 15.1. The van der Waals surface area contributed by atoms with Gasteiger partial charge in [-0.1, -0.05) is 29.8 Å². The van der Waals surface area contributed by atoms with Gasteiger partial charge in [-0.05, 0) is 62.5 Å². The lowest BCUT2D eigenvalue weighted by molar-refractivity contribution is -0.105. The minimum Gasteiger partial charge on any atom is -0.482 e. The van der Waals surface area contributed by atoms with Crippen molar-refractivity contribution in [1.82, 2.24) is 5.32 Å². The first-order valence-corrected chi connectivity index (χ1v) is 9.54. The fraction of sp³-hybridized carbons (Fsp3) is 0.429. The molecule has 1 saturated heterocycles. The van der Waals surface area contributed by atoms with Crippen LogP contribution in [0.5, 0.6) is 5.75 Å². The maximum atomic E-state index is 15.1. The summed E-state index contributed by atoms with van der Waals surface area (Å²) in [6.45, 7) is 3.21. The fourth-order valence-electron chi connectivity index (χ4n) is 4.26. The first kappa shape index (κ1) is 18.6. The molecule has 2 aromatic carbocycles. The van der Waals surface area contributed by atoms with Gasteiger partial charge in [-0.3, -0.25) is 0 Å². The van der Waals surface area contributed by atoms with Crippen LogP contribution in [0.15, 0.2) is 36.4 Å². The number of ether oxygens (including phenoxy) is 1. The van der Waals surface area contributed by atoms with Crippen LogP contribution in [0.25, 0.3) is 0 Å². The quantitative estimate of drug-likeness (QED) is 0.700. The van der Waals surface area contributed by atoms with Crippen LogP contribution in [0.1, 0.15) is 48.8 Å². The second-order valence-electron chi connectivity index (χ2n) is 7.59. The smallest absolute Gasteiger partial charge is 0.280 e. The monoisotopic (exact) mass is 395 g/mol. The Hall–Kier alpha value is -1.72. The van der Waals surface area contributed by atoms with Crippen LogP contribution < -0.4 is 10.1 Å². The lowest BCUT2D eigenvalue weighted by Gasteiger charge is -2.42. The molecule has 1 unspecified atom stereocenters. The van der Waals surface area contributed by atoms with Gasteiger partial charge in [-0.2, -0.15) is 0 Å². The van der Waals surface area contributed by atoms with E-state index in [0.717, 1.165) is 37.6 Å². The molecule has 6 heteroatoms. The molecule has 0 amide bonds. The van der Waals surface area contributed by atoms with E-state index in [4.69, 9.17) is 16.3 Å². The van der Waals surface area contributed by atoms with Crippen molar-refractivity contribution in [3.63, 3.8) is 0 Å². The van der Waals surface area contributed by atoms with Gasteiger partial charge in [-0.15, -0.1) is 0 Å². The summed E-state index contributed by atoms with van der Waals surface area (Å²) in [6, 6.07) is 9.01. The molecule has 2 aliphatic rings. The topological polar surface area (TPSA) is 21.3 Å². The second-order valence-corrected chi connectivity index (χ2v) is 8.02. The van der Waals surface area contributed by atoms with Crippen molar-refractivity contribution in [2.45, 2.75) is 43.6 Å². The highest BCUT2D eigenvalue weighted by Crippen LogP contribution is 2.53. The molecule has 27 heavy (non-hydrogen) atoms. The summed E-state index contributed by atoms with van der Waals surface area (Å²) < 4.78 is 50.9. The number of hydrogen-bond donors (Lipinski definition) is 1. The molecule has 2 aromatic rings. The Bertz CT molecular complexity index is 867. The molecule has 4 rings (SSSR count). The summed E-state index contributed by atoms with van der Waals surface area (Å²) in [5.41, 5.74) is -0.703. The van der Waals surface area contributed by atoms with Gasteiger partial charge in [0.1, 0.15) is 17.2 Å². The Morgan fingerprint density at radius 2 is 1.85 bits per heavy atom. The van der Waals surface area contributed by atoms with Crippen molar-refractivity contribution in [2.24, 2.45) is 0 Å². The van der Waals surface area contributed by atoms with E-state index < -0.39 is 23.8 Å². The van der Waals surface area contributed by atoms with Gasteiger partial charge in [0.15, 0.2) is 0 Å². The number of nitrogens with one attached hydrogen (secondary N) is 1. The Balaban J connectivity index is 1.82. The predicted octanol–water partition coefficient (Wildman–Crippen LogP) is 5.74. The third-order valence-corrected chi connectivity index (χ3v) is 5.84. The molecule has 0 bridgehead atoms. The largest absolute Gasteiger partial charge is 0.482 e. The van der Waals surface area contributed by atoms with E-state index in [1.165, 1.54) is 25.1 Å². The lowest BCUT2D eigenvalue weighted by Crippen LogP contribution is -2.41. The van der Waals surface area contributed by atoms with Crippen LogP contribution in [0, 0.1) is 5.82 Å². The molecule has 0 aromatic heterocycles. The molecule has 2 heterocycles. The molecule has 0 spiro atoms. The van der Waals surface area contributed by atoms with Gasteiger partial charge < -0.3 is 10.1 Å². The van der Waals surface area contributed by atoms with Gasteiger partial charge in [0.25, 0.3) is 5.92 Å². The number of para-hydroxylation sites is 1. The summed E-state index contributed by atoms with van der Waals surface area (Å²) in [4.78, 5) is 0. The summed E-state index contributed by atoms with van der Waals surface area (Å²) in [6.07, 6.45) is 1.09. The van der Waals surface area contributed by atoms with E-state index >= 15 is 8.78 Å². The molecule has 1 N–H and O–H groups in total. The minimum atomic E-state index is -3.11. The average molecular weight is 396 g/mol. The van der Waals surface area contributed by atoms with Crippen LogP contribution in [-0.4, -0.2) is 13.1 Å². The molecule has 2 nitrogen and oxygen atoms in total. The number of rotatable bonds is 2. The maximum Gasteiger partial charge on any atom is 0.280 e.